The number of carbonyl (C=O) groups is 2. The van der Waals surface area contributed by atoms with Crippen molar-refractivity contribution in [2.24, 2.45) is 0 Å². The third-order valence-corrected chi connectivity index (χ3v) is 5.75. The molecule has 6 N–H and O–H groups in total. The largest absolute Gasteiger partial charge is 0.508 e. The quantitative estimate of drug-likeness (QED) is 0.309. The van der Waals surface area contributed by atoms with Crippen LogP contribution in [-0.2, 0) is 16.9 Å². The summed E-state index contributed by atoms with van der Waals surface area (Å²) < 4.78 is 6.58. The number of anilines is 1. The zero-order valence-corrected chi connectivity index (χ0v) is 16.9. The fraction of sp³-hybridized carbons (Fsp3) is 0.136. The van der Waals surface area contributed by atoms with Crippen LogP contribution in [0.5, 0.6) is 11.6 Å². The van der Waals surface area contributed by atoms with E-state index in [4.69, 9.17) is 10.3 Å². The minimum Gasteiger partial charge on any atom is -0.508 e. The SMILES string of the molecule is Cc1onc(N)c1-c1ccc([C@@]2(Cn3cc4ccc(O)cc4c3O)NC(=O)NC2=O)cc1. The van der Waals surface area contributed by atoms with Crippen LogP contribution < -0.4 is 16.4 Å². The van der Waals surface area contributed by atoms with Crippen molar-refractivity contribution in [3.63, 3.8) is 0 Å². The third-order valence-electron chi connectivity index (χ3n) is 5.75. The van der Waals surface area contributed by atoms with Gasteiger partial charge in [-0.2, -0.15) is 0 Å². The minimum absolute atomic E-state index is 0.00562. The van der Waals surface area contributed by atoms with Gasteiger partial charge in [0.25, 0.3) is 5.91 Å². The van der Waals surface area contributed by atoms with E-state index >= 15 is 0 Å². The number of hydrogen-bond donors (Lipinski definition) is 5. The Hall–Kier alpha value is -4.47. The standard InChI is InChI=1S/C22H19N5O5/c1-11-17(18(23)26-32-11)12-2-5-14(6-3-12)22(20(30)24-21(31)25-22)10-27-9-13-4-7-15(28)8-16(13)19(27)29/h2-9,28-29H,10H2,1H3,(H2,23,26)(H2,24,25,30,31)/t22-/m1/s1. The van der Waals surface area contributed by atoms with Gasteiger partial charge in [0.05, 0.1) is 12.1 Å². The molecule has 1 fully saturated rings. The first-order valence-electron chi connectivity index (χ1n) is 9.75. The van der Waals surface area contributed by atoms with Crippen molar-refractivity contribution in [3.8, 4) is 22.8 Å². The summed E-state index contributed by atoms with van der Waals surface area (Å²) in [6.07, 6.45) is 1.65. The second-order valence-corrected chi connectivity index (χ2v) is 7.74. The molecule has 0 radical (unpaired) electrons. The second-order valence-electron chi connectivity index (χ2n) is 7.74. The van der Waals surface area contributed by atoms with Crippen molar-refractivity contribution < 1.29 is 24.3 Å². The Labute approximate surface area is 181 Å². The maximum atomic E-state index is 12.9. The molecule has 1 aliphatic rings. The molecule has 2 aromatic carbocycles. The first-order chi connectivity index (χ1) is 15.3. The van der Waals surface area contributed by atoms with Gasteiger partial charge in [0.1, 0.15) is 11.5 Å². The molecule has 1 aliphatic heterocycles. The number of benzene rings is 2. The molecule has 5 rings (SSSR count). The lowest BCUT2D eigenvalue weighted by atomic mass is 9.88. The van der Waals surface area contributed by atoms with Crippen LogP contribution in [0.25, 0.3) is 21.9 Å². The zero-order chi connectivity index (χ0) is 22.6. The van der Waals surface area contributed by atoms with Gasteiger partial charge in [0.15, 0.2) is 17.2 Å². The Morgan fingerprint density at radius 1 is 1.16 bits per heavy atom. The van der Waals surface area contributed by atoms with Crippen molar-refractivity contribution >= 4 is 28.5 Å². The molecule has 162 valence electrons. The summed E-state index contributed by atoms with van der Waals surface area (Å²) >= 11 is 0. The van der Waals surface area contributed by atoms with E-state index in [0.717, 1.165) is 5.56 Å². The van der Waals surface area contributed by atoms with Crippen molar-refractivity contribution in [1.29, 1.82) is 0 Å². The Kier molecular flexibility index (Phi) is 4.12. The molecule has 4 aromatic rings. The summed E-state index contributed by atoms with van der Waals surface area (Å²) in [5.41, 5.74) is 6.34. The van der Waals surface area contributed by atoms with E-state index in [1.807, 2.05) is 0 Å². The fourth-order valence-electron chi connectivity index (χ4n) is 4.17. The number of nitrogens with zero attached hydrogens (tertiary/aromatic N) is 2. The number of fused-ring (bicyclic) bond motifs is 1. The number of hydrogen-bond acceptors (Lipinski definition) is 7. The van der Waals surface area contributed by atoms with Gasteiger partial charge in [-0.15, -0.1) is 0 Å². The summed E-state index contributed by atoms with van der Waals surface area (Å²) in [5.74, 6) is 0.142. The number of nitrogen functional groups attached to an aromatic ring is 1. The molecular weight excluding hydrogens is 414 g/mol. The Morgan fingerprint density at radius 3 is 2.53 bits per heavy atom. The number of rotatable bonds is 4. The van der Waals surface area contributed by atoms with Crippen LogP contribution in [-0.4, -0.2) is 31.9 Å². The number of nitrogens with two attached hydrogens (primary N) is 1. The van der Waals surface area contributed by atoms with Crippen LogP contribution in [0.2, 0.25) is 0 Å². The van der Waals surface area contributed by atoms with Crippen LogP contribution in [0.3, 0.4) is 0 Å². The molecular formula is C22H19N5O5. The molecule has 0 saturated carbocycles. The molecule has 0 aliphatic carbocycles. The van der Waals surface area contributed by atoms with Gasteiger partial charge in [0.2, 0.25) is 0 Å². The van der Waals surface area contributed by atoms with Crippen molar-refractivity contribution in [2.45, 2.75) is 19.0 Å². The molecule has 0 spiro atoms. The Bertz CT molecular complexity index is 1370. The summed E-state index contributed by atoms with van der Waals surface area (Å²) in [6.45, 7) is 1.68. The van der Waals surface area contributed by atoms with E-state index in [9.17, 15) is 19.8 Å². The summed E-state index contributed by atoms with van der Waals surface area (Å²) in [7, 11) is 0. The van der Waals surface area contributed by atoms with Gasteiger partial charge < -0.3 is 30.4 Å². The monoisotopic (exact) mass is 433 g/mol. The van der Waals surface area contributed by atoms with Gasteiger partial charge in [-0.25, -0.2) is 4.79 Å². The Balaban J connectivity index is 1.59. The number of urea groups is 1. The maximum absolute atomic E-state index is 12.9. The minimum atomic E-state index is -1.46. The number of aryl methyl sites for hydroxylation is 1. The molecule has 1 saturated heterocycles. The van der Waals surface area contributed by atoms with Crippen LogP contribution in [0.4, 0.5) is 10.6 Å². The normalized spacial score (nSPS) is 18.2. The number of phenolic OH excluding ortho intramolecular Hbond substituents is 1. The lowest BCUT2D eigenvalue weighted by Gasteiger charge is -2.27. The molecule has 0 unspecified atom stereocenters. The van der Waals surface area contributed by atoms with Crippen molar-refractivity contribution in [3.05, 3.63) is 60.0 Å². The average Bonchev–Trinajstić information content (AvgIpc) is 3.36. The summed E-state index contributed by atoms with van der Waals surface area (Å²) in [5, 5.41) is 30.3. The van der Waals surface area contributed by atoms with Crippen LogP contribution in [0.1, 0.15) is 11.3 Å². The van der Waals surface area contributed by atoms with Gasteiger partial charge in [0, 0.05) is 17.0 Å². The smallest absolute Gasteiger partial charge is 0.322 e. The number of imide groups is 1. The van der Waals surface area contributed by atoms with Crippen LogP contribution in [0.15, 0.2) is 53.2 Å². The predicted octanol–water partition coefficient (Wildman–Crippen LogP) is 2.33. The van der Waals surface area contributed by atoms with E-state index in [2.05, 4.69) is 15.8 Å². The molecule has 2 aromatic heterocycles. The molecule has 32 heavy (non-hydrogen) atoms. The number of aromatic nitrogens is 2. The lowest BCUT2D eigenvalue weighted by molar-refractivity contribution is -0.124. The summed E-state index contributed by atoms with van der Waals surface area (Å²) in [4.78, 5) is 25.0. The average molecular weight is 433 g/mol. The van der Waals surface area contributed by atoms with E-state index in [0.29, 0.717) is 27.7 Å². The first-order valence-corrected chi connectivity index (χ1v) is 9.75. The van der Waals surface area contributed by atoms with Gasteiger partial charge in [-0.05, 0) is 36.2 Å². The second kappa shape index (κ2) is 6.77. The predicted molar refractivity (Wildman–Crippen MR) is 115 cm³/mol. The third kappa shape index (κ3) is 2.84. The van der Waals surface area contributed by atoms with Gasteiger partial charge in [-0.3, -0.25) is 10.1 Å². The van der Waals surface area contributed by atoms with E-state index in [-0.39, 0.29) is 24.0 Å². The topological polar surface area (TPSA) is 156 Å². The maximum Gasteiger partial charge on any atom is 0.322 e. The molecule has 0 bridgehead atoms. The highest BCUT2D eigenvalue weighted by Crippen LogP contribution is 2.36. The molecule has 10 heteroatoms. The number of carbonyl (C=O) groups excluding carboxylic acids is 2. The van der Waals surface area contributed by atoms with Gasteiger partial charge in [-0.1, -0.05) is 29.4 Å². The molecule has 3 heterocycles. The number of nitrogens with one attached hydrogen (secondary N) is 2. The molecule has 3 amide bonds. The van der Waals surface area contributed by atoms with Crippen LogP contribution in [0, 0.1) is 6.92 Å². The molecule has 10 nitrogen and oxygen atoms in total. The van der Waals surface area contributed by atoms with Crippen molar-refractivity contribution in [1.82, 2.24) is 20.4 Å². The zero-order valence-electron chi connectivity index (χ0n) is 16.9. The van der Waals surface area contributed by atoms with Crippen LogP contribution >= 0.6 is 0 Å². The number of aromatic hydroxyl groups is 2. The first kappa shape index (κ1) is 19.5. The van der Waals surface area contributed by atoms with E-state index in [1.165, 1.54) is 16.7 Å². The lowest BCUT2D eigenvalue weighted by Crippen LogP contribution is -2.47. The number of phenols is 1. The number of amides is 3. The summed E-state index contributed by atoms with van der Waals surface area (Å²) in [6, 6.07) is 10.9. The van der Waals surface area contributed by atoms with Gasteiger partial charge >= 0.3 is 6.03 Å². The van der Waals surface area contributed by atoms with E-state index in [1.54, 1.807) is 43.5 Å². The van der Waals surface area contributed by atoms with Crippen molar-refractivity contribution in [2.75, 3.05) is 5.73 Å². The highest BCUT2D eigenvalue weighted by Gasteiger charge is 2.48. The fourth-order valence-corrected chi connectivity index (χ4v) is 4.17. The highest BCUT2D eigenvalue weighted by molar-refractivity contribution is 6.07. The molecule has 1 atom stereocenters. The highest BCUT2D eigenvalue weighted by atomic mass is 16.5. The Morgan fingerprint density at radius 2 is 1.91 bits per heavy atom. The van der Waals surface area contributed by atoms with E-state index < -0.39 is 17.5 Å².